The van der Waals surface area contributed by atoms with Gasteiger partial charge in [0.1, 0.15) is 12.3 Å². The lowest BCUT2D eigenvalue weighted by Gasteiger charge is -2.19. The zero-order chi connectivity index (χ0) is 16.1. The van der Waals surface area contributed by atoms with Crippen molar-refractivity contribution < 1.29 is 14.0 Å². The van der Waals surface area contributed by atoms with Gasteiger partial charge in [0, 0.05) is 11.9 Å². The van der Waals surface area contributed by atoms with Crippen molar-refractivity contribution in [3.05, 3.63) is 52.4 Å². The molecule has 0 aliphatic rings. The second-order valence-electron chi connectivity index (χ2n) is 4.63. The maximum Gasteiger partial charge on any atom is 0.244 e. The highest BCUT2D eigenvalue weighted by Gasteiger charge is 2.16. The summed E-state index contributed by atoms with van der Waals surface area (Å²) >= 11 is 11.9. The number of nitrogens with zero attached hydrogens (tertiary/aromatic N) is 1. The van der Waals surface area contributed by atoms with Crippen LogP contribution in [-0.2, 0) is 16.1 Å². The van der Waals surface area contributed by atoms with E-state index in [2.05, 4.69) is 5.32 Å². The van der Waals surface area contributed by atoms with Gasteiger partial charge in [-0.2, -0.15) is 0 Å². The third-order valence-electron chi connectivity index (χ3n) is 2.91. The lowest BCUT2D eigenvalue weighted by atomic mass is 10.3. The van der Waals surface area contributed by atoms with E-state index in [1.165, 1.54) is 18.1 Å². The van der Waals surface area contributed by atoms with Crippen molar-refractivity contribution in [3.8, 4) is 0 Å². The van der Waals surface area contributed by atoms with E-state index in [1.807, 2.05) is 0 Å². The van der Waals surface area contributed by atoms with Crippen LogP contribution >= 0.6 is 23.2 Å². The zero-order valence-corrected chi connectivity index (χ0v) is 13.3. The van der Waals surface area contributed by atoms with Gasteiger partial charge in [0.15, 0.2) is 0 Å². The van der Waals surface area contributed by atoms with Crippen LogP contribution in [0.3, 0.4) is 0 Å². The van der Waals surface area contributed by atoms with Gasteiger partial charge in [-0.1, -0.05) is 23.2 Å². The highest BCUT2D eigenvalue weighted by Crippen LogP contribution is 2.25. The van der Waals surface area contributed by atoms with E-state index in [0.29, 0.717) is 21.5 Å². The molecule has 0 bridgehead atoms. The Morgan fingerprint density at radius 3 is 2.68 bits per heavy atom. The Balaban J connectivity index is 2.02. The first kappa shape index (κ1) is 16.4. The van der Waals surface area contributed by atoms with E-state index in [4.69, 9.17) is 27.6 Å². The van der Waals surface area contributed by atoms with Gasteiger partial charge in [-0.05, 0) is 30.3 Å². The fourth-order valence-corrected chi connectivity index (χ4v) is 2.16. The van der Waals surface area contributed by atoms with Crippen LogP contribution in [0.4, 0.5) is 5.69 Å². The van der Waals surface area contributed by atoms with Crippen LogP contribution in [0.2, 0.25) is 10.0 Å². The molecule has 0 atom stereocenters. The molecule has 0 fully saturated rings. The summed E-state index contributed by atoms with van der Waals surface area (Å²) in [5, 5.41) is 3.47. The third kappa shape index (κ3) is 4.51. The van der Waals surface area contributed by atoms with Crippen molar-refractivity contribution in [2.75, 3.05) is 11.9 Å². The van der Waals surface area contributed by atoms with Crippen LogP contribution in [0.5, 0.6) is 0 Å². The Kier molecular flexibility index (Phi) is 5.46. The molecule has 0 aliphatic heterocycles. The van der Waals surface area contributed by atoms with Gasteiger partial charge in [-0.15, -0.1) is 0 Å². The molecule has 2 rings (SSSR count). The Hall–Kier alpha value is -1.98. The van der Waals surface area contributed by atoms with Crippen molar-refractivity contribution in [3.63, 3.8) is 0 Å². The van der Waals surface area contributed by atoms with Crippen LogP contribution in [-0.4, -0.2) is 23.3 Å². The molecule has 1 aromatic carbocycles. The molecule has 116 valence electrons. The van der Waals surface area contributed by atoms with Crippen molar-refractivity contribution >= 4 is 40.7 Å². The van der Waals surface area contributed by atoms with E-state index in [0.717, 1.165) is 0 Å². The monoisotopic (exact) mass is 340 g/mol. The molecule has 0 saturated carbocycles. The number of anilines is 1. The van der Waals surface area contributed by atoms with Gasteiger partial charge in [-0.3, -0.25) is 9.59 Å². The summed E-state index contributed by atoms with van der Waals surface area (Å²) in [6.07, 6.45) is 1.51. The standard InChI is InChI=1S/C15H14Cl2N2O3/c1-10(20)19(8-12-3-2-6-22-12)9-15(21)18-14-7-11(16)4-5-13(14)17/h2-7H,8-9H2,1H3,(H,18,21). The van der Waals surface area contributed by atoms with Crippen molar-refractivity contribution in [1.29, 1.82) is 0 Å². The molecule has 0 spiro atoms. The van der Waals surface area contributed by atoms with Gasteiger partial charge >= 0.3 is 0 Å². The van der Waals surface area contributed by atoms with Crippen molar-refractivity contribution in [1.82, 2.24) is 4.90 Å². The maximum absolute atomic E-state index is 12.1. The molecule has 2 aromatic rings. The van der Waals surface area contributed by atoms with Crippen LogP contribution in [0.15, 0.2) is 41.0 Å². The molecule has 5 nitrogen and oxygen atoms in total. The molecule has 0 unspecified atom stereocenters. The summed E-state index contributed by atoms with van der Waals surface area (Å²) in [6.45, 7) is 1.50. The maximum atomic E-state index is 12.1. The first-order valence-corrected chi connectivity index (χ1v) is 7.24. The number of nitrogens with one attached hydrogen (secondary N) is 1. The van der Waals surface area contributed by atoms with Crippen molar-refractivity contribution in [2.24, 2.45) is 0 Å². The van der Waals surface area contributed by atoms with E-state index >= 15 is 0 Å². The third-order valence-corrected chi connectivity index (χ3v) is 3.47. The summed E-state index contributed by atoms with van der Waals surface area (Å²) < 4.78 is 5.18. The number of rotatable bonds is 5. The minimum atomic E-state index is -0.370. The average molecular weight is 341 g/mol. The first-order chi connectivity index (χ1) is 10.5. The number of carbonyl (C=O) groups excluding carboxylic acids is 2. The predicted octanol–water partition coefficient (Wildman–Crippen LogP) is 3.57. The fraction of sp³-hybridized carbons (Fsp3) is 0.200. The normalized spacial score (nSPS) is 10.3. The summed E-state index contributed by atoms with van der Waals surface area (Å²) in [6, 6.07) is 8.22. The van der Waals surface area contributed by atoms with Crippen molar-refractivity contribution in [2.45, 2.75) is 13.5 Å². The Bertz CT molecular complexity index is 671. The number of amides is 2. The largest absolute Gasteiger partial charge is 0.467 e. The minimum absolute atomic E-state index is 0.112. The topological polar surface area (TPSA) is 62.6 Å². The van der Waals surface area contributed by atoms with Crippen LogP contribution in [0, 0.1) is 0 Å². The van der Waals surface area contributed by atoms with Gasteiger partial charge in [0.2, 0.25) is 11.8 Å². The minimum Gasteiger partial charge on any atom is -0.467 e. The first-order valence-electron chi connectivity index (χ1n) is 6.48. The highest BCUT2D eigenvalue weighted by molar-refractivity contribution is 6.35. The molecule has 0 radical (unpaired) electrons. The Morgan fingerprint density at radius 2 is 2.05 bits per heavy atom. The van der Waals surface area contributed by atoms with Crippen LogP contribution in [0.1, 0.15) is 12.7 Å². The van der Waals surface area contributed by atoms with E-state index < -0.39 is 0 Å². The summed E-state index contributed by atoms with van der Waals surface area (Å²) in [5.74, 6) is -0.00143. The number of hydrogen-bond donors (Lipinski definition) is 1. The predicted molar refractivity (Wildman–Crippen MR) is 84.9 cm³/mol. The molecule has 0 saturated heterocycles. The molecule has 0 aliphatic carbocycles. The number of benzene rings is 1. The van der Waals surface area contributed by atoms with Gasteiger partial charge < -0.3 is 14.6 Å². The molecule has 22 heavy (non-hydrogen) atoms. The Labute approximate surface area is 137 Å². The molecule has 7 heteroatoms. The van der Waals surface area contributed by atoms with Gasteiger partial charge in [0.25, 0.3) is 0 Å². The smallest absolute Gasteiger partial charge is 0.244 e. The lowest BCUT2D eigenvalue weighted by Crippen LogP contribution is -2.36. The summed E-state index contributed by atoms with van der Waals surface area (Å²) in [4.78, 5) is 25.1. The number of carbonyl (C=O) groups is 2. The number of halogens is 2. The lowest BCUT2D eigenvalue weighted by molar-refractivity contribution is -0.133. The molecule has 1 N–H and O–H groups in total. The number of hydrogen-bond acceptors (Lipinski definition) is 3. The fourth-order valence-electron chi connectivity index (χ4n) is 1.83. The van der Waals surface area contributed by atoms with Crippen LogP contribution in [0.25, 0.3) is 0 Å². The quantitative estimate of drug-likeness (QED) is 0.904. The van der Waals surface area contributed by atoms with E-state index in [-0.39, 0.29) is 24.9 Å². The molecule has 2 amide bonds. The Morgan fingerprint density at radius 1 is 1.27 bits per heavy atom. The highest BCUT2D eigenvalue weighted by atomic mass is 35.5. The summed E-state index contributed by atoms with van der Waals surface area (Å²) in [7, 11) is 0. The van der Waals surface area contributed by atoms with E-state index in [9.17, 15) is 9.59 Å². The second-order valence-corrected chi connectivity index (χ2v) is 5.47. The second kappa shape index (κ2) is 7.33. The SMILES string of the molecule is CC(=O)N(CC(=O)Nc1cc(Cl)ccc1Cl)Cc1ccco1. The molecular formula is C15H14Cl2N2O3. The average Bonchev–Trinajstić information content (AvgIpc) is 2.95. The van der Waals surface area contributed by atoms with Gasteiger partial charge in [-0.25, -0.2) is 0 Å². The summed E-state index contributed by atoms with van der Waals surface area (Å²) in [5.41, 5.74) is 0.403. The van der Waals surface area contributed by atoms with Crippen LogP contribution < -0.4 is 5.32 Å². The molecular weight excluding hydrogens is 327 g/mol. The van der Waals surface area contributed by atoms with E-state index in [1.54, 1.807) is 30.3 Å². The molecule has 1 heterocycles. The van der Waals surface area contributed by atoms with Gasteiger partial charge in [0.05, 0.1) is 23.5 Å². The molecule has 1 aromatic heterocycles. The number of furan rings is 1. The zero-order valence-electron chi connectivity index (χ0n) is 11.8.